The molecule has 2 N–H and O–H groups in total. The molecule has 1 saturated carbocycles. The zero-order valence-corrected chi connectivity index (χ0v) is 12.8. The van der Waals surface area contributed by atoms with Crippen molar-refractivity contribution in [1.82, 2.24) is 9.78 Å². The number of benzene rings is 1. The first-order chi connectivity index (χ1) is 10.3. The third-order valence-corrected chi connectivity index (χ3v) is 4.47. The molecule has 0 spiro atoms. The molecule has 0 amide bonds. The van der Waals surface area contributed by atoms with Crippen molar-refractivity contribution in [2.24, 2.45) is 5.73 Å². The first-order valence-corrected chi connectivity index (χ1v) is 8.11. The van der Waals surface area contributed by atoms with Gasteiger partial charge < -0.3 is 10.5 Å². The summed E-state index contributed by atoms with van der Waals surface area (Å²) in [6.07, 6.45) is 6.07. The van der Waals surface area contributed by atoms with Gasteiger partial charge in [0.05, 0.1) is 23.9 Å². The average Bonchev–Trinajstić information content (AvgIpc) is 2.74. The van der Waals surface area contributed by atoms with E-state index in [9.17, 15) is 0 Å². The fourth-order valence-electron chi connectivity index (χ4n) is 3.24. The van der Waals surface area contributed by atoms with Gasteiger partial charge in [-0.1, -0.05) is 37.5 Å². The minimum Gasteiger partial charge on any atom is -0.370 e. The van der Waals surface area contributed by atoms with Crippen molar-refractivity contribution in [1.29, 1.82) is 0 Å². The van der Waals surface area contributed by atoms with Gasteiger partial charge in [0, 0.05) is 18.0 Å². The van der Waals surface area contributed by atoms with Crippen LogP contribution in [0, 0.1) is 0 Å². The van der Waals surface area contributed by atoms with Gasteiger partial charge in [0.15, 0.2) is 0 Å². The summed E-state index contributed by atoms with van der Waals surface area (Å²) in [5.74, 6) is 0. The van der Waals surface area contributed by atoms with Crippen LogP contribution in [0.2, 0.25) is 0 Å². The first-order valence-electron chi connectivity index (χ1n) is 8.11. The Morgan fingerprint density at radius 3 is 2.90 bits per heavy atom. The van der Waals surface area contributed by atoms with Crippen LogP contribution in [0.4, 0.5) is 0 Å². The molecular weight excluding hydrogens is 262 g/mol. The molecule has 2 atom stereocenters. The lowest BCUT2D eigenvalue weighted by Gasteiger charge is -2.21. The van der Waals surface area contributed by atoms with Crippen LogP contribution < -0.4 is 5.73 Å². The highest BCUT2D eigenvalue weighted by Gasteiger charge is 2.21. The molecule has 21 heavy (non-hydrogen) atoms. The third-order valence-electron chi connectivity index (χ3n) is 4.47. The zero-order chi connectivity index (χ0) is 14.7. The molecule has 114 valence electrons. The van der Waals surface area contributed by atoms with E-state index in [0.717, 1.165) is 25.1 Å². The highest BCUT2D eigenvalue weighted by molar-refractivity contribution is 5.81. The molecular formula is C17H25N3O. The Morgan fingerprint density at radius 2 is 2.05 bits per heavy atom. The van der Waals surface area contributed by atoms with Crippen molar-refractivity contribution in [3.05, 3.63) is 30.0 Å². The number of hydrogen-bond donors (Lipinski definition) is 1. The lowest BCUT2D eigenvalue weighted by atomic mass is 10.1. The van der Waals surface area contributed by atoms with Gasteiger partial charge in [-0.3, -0.25) is 4.68 Å². The second-order valence-electron chi connectivity index (χ2n) is 5.93. The standard InChI is InChI=1S/C17H25N3O/c1-2-20-16-10-7-6-8-13(16)15(19-20)12-21-17-11-5-3-4-9-14(17)18/h6-8,10,14,17H,2-5,9,11-12,18H2,1H3. The summed E-state index contributed by atoms with van der Waals surface area (Å²) in [4.78, 5) is 0. The second-order valence-corrected chi connectivity index (χ2v) is 5.93. The molecule has 0 bridgehead atoms. The SMILES string of the molecule is CCn1nc(COC2CCCCCC2N)c2ccccc21. The summed E-state index contributed by atoms with van der Waals surface area (Å²) in [5.41, 5.74) is 8.45. The van der Waals surface area contributed by atoms with Gasteiger partial charge in [0.25, 0.3) is 0 Å². The number of aryl methyl sites for hydroxylation is 1. The summed E-state index contributed by atoms with van der Waals surface area (Å²) >= 11 is 0. The van der Waals surface area contributed by atoms with E-state index in [0.29, 0.717) is 6.61 Å². The largest absolute Gasteiger partial charge is 0.370 e. The molecule has 0 aliphatic heterocycles. The fraction of sp³-hybridized carbons (Fsp3) is 0.588. The minimum absolute atomic E-state index is 0.173. The molecule has 1 aliphatic rings. The number of nitrogens with zero attached hydrogens (tertiary/aromatic N) is 2. The Bertz CT molecular complexity index is 593. The van der Waals surface area contributed by atoms with E-state index in [1.807, 2.05) is 4.68 Å². The summed E-state index contributed by atoms with van der Waals surface area (Å²) in [6, 6.07) is 8.53. The Kier molecular flexibility index (Phi) is 4.56. The van der Waals surface area contributed by atoms with E-state index in [1.54, 1.807) is 0 Å². The summed E-state index contributed by atoms with van der Waals surface area (Å²) in [7, 11) is 0. The van der Waals surface area contributed by atoms with Gasteiger partial charge in [0.1, 0.15) is 0 Å². The van der Waals surface area contributed by atoms with Crippen LogP contribution in [0.1, 0.15) is 44.7 Å². The molecule has 1 aliphatic carbocycles. The predicted molar refractivity (Wildman–Crippen MR) is 85.0 cm³/mol. The summed E-state index contributed by atoms with van der Waals surface area (Å²) in [5, 5.41) is 5.89. The van der Waals surface area contributed by atoms with E-state index in [1.165, 1.54) is 30.2 Å². The molecule has 2 unspecified atom stereocenters. The lowest BCUT2D eigenvalue weighted by molar-refractivity contribution is 0.0181. The molecule has 1 aromatic heterocycles. The van der Waals surface area contributed by atoms with Crippen LogP contribution in [0.3, 0.4) is 0 Å². The Labute approximate surface area is 126 Å². The molecule has 0 saturated heterocycles. The van der Waals surface area contributed by atoms with E-state index < -0.39 is 0 Å². The van der Waals surface area contributed by atoms with Crippen molar-refractivity contribution in [3.8, 4) is 0 Å². The van der Waals surface area contributed by atoms with Crippen LogP contribution in [0.25, 0.3) is 10.9 Å². The highest BCUT2D eigenvalue weighted by Crippen LogP contribution is 2.23. The van der Waals surface area contributed by atoms with Gasteiger partial charge in [0.2, 0.25) is 0 Å². The number of aromatic nitrogens is 2. The molecule has 1 fully saturated rings. The van der Waals surface area contributed by atoms with Gasteiger partial charge in [-0.25, -0.2) is 0 Å². The number of hydrogen-bond acceptors (Lipinski definition) is 3. The van der Waals surface area contributed by atoms with Gasteiger partial charge >= 0.3 is 0 Å². The maximum absolute atomic E-state index is 6.24. The third kappa shape index (κ3) is 3.11. The fourth-order valence-corrected chi connectivity index (χ4v) is 3.24. The summed E-state index contributed by atoms with van der Waals surface area (Å²) < 4.78 is 8.17. The monoisotopic (exact) mass is 287 g/mol. The maximum atomic E-state index is 6.24. The van der Waals surface area contributed by atoms with E-state index in [2.05, 4.69) is 31.2 Å². The topological polar surface area (TPSA) is 53.1 Å². The number of ether oxygens (including phenoxy) is 1. The van der Waals surface area contributed by atoms with Crippen LogP contribution >= 0.6 is 0 Å². The first kappa shape index (κ1) is 14.5. The smallest absolute Gasteiger partial charge is 0.0960 e. The number of fused-ring (bicyclic) bond motifs is 1. The van der Waals surface area contributed by atoms with Crippen LogP contribution in [-0.2, 0) is 17.9 Å². The van der Waals surface area contributed by atoms with Crippen molar-refractivity contribution >= 4 is 10.9 Å². The van der Waals surface area contributed by atoms with Crippen molar-refractivity contribution in [2.75, 3.05) is 0 Å². The van der Waals surface area contributed by atoms with E-state index in [4.69, 9.17) is 15.6 Å². The molecule has 1 heterocycles. The van der Waals surface area contributed by atoms with Gasteiger partial charge in [-0.2, -0.15) is 5.10 Å². The average molecular weight is 287 g/mol. The van der Waals surface area contributed by atoms with Crippen LogP contribution in [-0.4, -0.2) is 21.9 Å². The van der Waals surface area contributed by atoms with Crippen LogP contribution in [0.5, 0.6) is 0 Å². The molecule has 0 radical (unpaired) electrons. The Hall–Kier alpha value is -1.39. The maximum Gasteiger partial charge on any atom is 0.0960 e. The van der Waals surface area contributed by atoms with Crippen LogP contribution in [0.15, 0.2) is 24.3 Å². The number of rotatable bonds is 4. The Morgan fingerprint density at radius 1 is 1.24 bits per heavy atom. The quantitative estimate of drug-likeness (QED) is 0.878. The minimum atomic E-state index is 0.173. The number of para-hydroxylation sites is 1. The van der Waals surface area contributed by atoms with E-state index in [-0.39, 0.29) is 12.1 Å². The number of nitrogens with two attached hydrogens (primary N) is 1. The Balaban J connectivity index is 1.75. The van der Waals surface area contributed by atoms with Crippen molar-refractivity contribution in [3.63, 3.8) is 0 Å². The molecule has 4 heteroatoms. The molecule has 1 aromatic carbocycles. The second kappa shape index (κ2) is 6.58. The van der Waals surface area contributed by atoms with Gasteiger partial charge in [-0.05, 0) is 25.8 Å². The van der Waals surface area contributed by atoms with Crippen molar-refractivity contribution < 1.29 is 4.74 Å². The molecule has 2 aromatic rings. The highest BCUT2D eigenvalue weighted by atomic mass is 16.5. The van der Waals surface area contributed by atoms with Crippen molar-refractivity contribution in [2.45, 2.75) is 64.3 Å². The lowest BCUT2D eigenvalue weighted by Crippen LogP contribution is -2.35. The predicted octanol–water partition coefficient (Wildman–Crippen LogP) is 3.23. The van der Waals surface area contributed by atoms with Gasteiger partial charge in [-0.15, -0.1) is 0 Å². The summed E-state index contributed by atoms with van der Waals surface area (Å²) in [6.45, 7) is 3.56. The zero-order valence-electron chi connectivity index (χ0n) is 12.8. The normalized spacial score (nSPS) is 23.3. The molecule has 3 rings (SSSR count). The molecule has 4 nitrogen and oxygen atoms in total. The van der Waals surface area contributed by atoms with E-state index >= 15 is 0 Å².